The minimum Gasteiger partial charge on any atom is -0.317 e. The van der Waals surface area contributed by atoms with Crippen LogP contribution < -0.4 is 10.2 Å². The van der Waals surface area contributed by atoms with Gasteiger partial charge in [0, 0.05) is 12.2 Å². The molecule has 0 bridgehead atoms. The predicted molar refractivity (Wildman–Crippen MR) is 72.8 cm³/mol. The summed E-state index contributed by atoms with van der Waals surface area (Å²) in [6.45, 7) is 5.17. The van der Waals surface area contributed by atoms with Crippen LogP contribution in [-0.2, 0) is 11.2 Å². The van der Waals surface area contributed by atoms with Crippen molar-refractivity contribution in [3.05, 3.63) is 29.3 Å². The second kappa shape index (κ2) is 4.73. The van der Waals surface area contributed by atoms with E-state index in [1.165, 1.54) is 24.0 Å². The molecule has 0 saturated carbocycles. The maximum absolute atomic E-state index is 12.1. The Morgan fingerprint density at radius 1 is 1.33 bits per heavy atom. The van der Waals surface area contributed by atoms with Crippen LogP contribution in [0.3, 0.4) is 0 Å². The van der Waals surface area contributed by atoms with Crippen molar-refractivity contribution in [3.8, 4) is 0 Å². The fourth-order valence-electron chi connectivity index (χ4n) is 2.99. The number of hydrogen-bond donors (Lipinski definition) is 1. The highest BCUT2D eigenvalue weighted by Gasteiger charge is 2.29. The lowest BCUT2D eigenvalue weighted by molar-refractivity contribution is -0.117. The van der Waals surface area contributed by atoms with Crippen molar-refractivity contribution < 1.29 is 4.79 Å². The highest BCUT2D eigenvalue weighted by molar-refractivity contribution is 6.01. The van der Waals surface area contributed by atoms with Crippen LogP contribution >= 0.6 is 0 Å². The van der Waals surface area contributed by atoms with Crippen LogP contribution in [-0.4, -0.2) is 25.5 Å². The van der Waals surface area contributed by atoms with Gasteiger partial charge in [-0.25, -0.2) is 0 Å². The Morgan fingerprint density at radius 3 is 2.89 bits per heavy atom. The maximum Gasteiger partial charge on any atom is 0.231 e. The number of nitrogens with zero attached hydrogens (tertiary/aromatic N) is 1. The lowest BCUT2D eigenvalue weighted by Gasteiger charge is -2.28. The minimum absolute atomic E-state index is 0.272. The van der Waals surface area contributed by atoms with Crippen LogP contribution in [0.4, 0.5) is 5.69 Å². The van der Waals surface area contributed by atoms with E-state index in [0.717, 1.165) is 25.3 Å². The summed E-state index contributed by atoms with van der Waals surface area (Å²) < 4.78 is 0. The Hall–Kier alpha value is -1.35. The Balaban J connectivity index is 1.80. The Labute approximate surface area is 108 Å². The van der Waals surface area contributed by atoms with E-state index in [0.29, 0.717) is 12.3 Å². The van der Waals surface area contributed by atoms with Gasteiger partial charge in [-0.3, -0.25) is 4.79 Å². The van der Waals surface area contributed by atoms with Gasteiger partial charge in [-0.15, -0.1) is 0 Å². The zero-order valence-electron chi connectivity index (χ0n) is 10.9. The zero-order valence-corrected chi connectivity index (χ0v) is 10.9. The van der Waals surface area contributed by atoms with Gasteiger partial charge in [0.15, 0.2) is 0 Å². The van der Waals surface area contributed by atoms with Crippen molar-refractivity contribution in [2.75, 3.05) is 24.5 Å². The molecule has 3 nitrogen and oxygen atoms in total. The van der Waals surface area contributed by atoms with E-state index < -0.39 is 0 Å². The second-order valence-electron chi connectivity index (χ2n) is 5.51. The van der Waals surface area contributed by atoms with Crippen molar-refractivity contribution in [1.82, 2.24) is 5.32 Å². The van der Waals surface area contributed by atoms with Crippen molar-refractivity contribution in [3.63, 3.8) is 0 Å². The van der Waals surface area contributed by atoms with E-state index in [-0.39, 0.29) is 5.91 Å². The van der Waals surface area contributed by atoms with E-state index >= 15 is 0 Å². The number of rotatable bonds is 2. The molecule has 0 radical (unpaired) electrons. The van der Waals surface area contributed by atoms with E-state index in [2.05, 4.69) is 30.4 Å². The predicted octanol–water partition coefficient (Wildman–Crippen LogP) is 1.88. The molecule has 1 fully saturated rings. The Bertz CT molecular complexity index is 464. The van der Waals surface area contributed by atoms with E-state index in [9.17, 15) is 4.79 Å². The first-order chi connectivity index (χ1) is 8.74. The molecule has 0 spiro atoms. The number of anilines is 1. The minimum atomic E-state index is 0.272. The van der Waals surface area contributed by atoms with Crippen molar-refractivity contribution in [1.29, 1.82) is 0 Å². The third-order valence-corrected chi connectivity index (χ3v) is 4.07. The molecular weight excluding hydrogens is 224 g/mol. The van der Waals surface area contributed by atoms with Crippen LogP contribution in [0.1, 0.15) is 24.0 Å². The van der Waals surface area contributed by atoms with E-state index in [1.54, 1.807) is 0 Å². The summed E-state index contributed by atoms with van der Waals surface area (Å²) in [5.74, 6) is 0.927. The molecule has 3 rings (SSSR count). The fraction of sp³-hybridized carbons (Fsp3) is 0.533. The first-order valence-electron chi connectivity index (χ1n) is 6.84. The second-order valence-corrected chi connectivity index (χ2v) is 5.51. The average molecular weight is 244 g/mol. The SMILES string of the molecule is Cc1ccc2c(c1)N(CC1CCNCC1)C(=O)C2. The monoisotopic (exact) mass is 244 g/mol. The number of aryl methyl sites for hydroxylation is 1. The van der Waals surface area contributed by atoms with Crippen LogP contribution in [0.15, 0.2) is 18.2 Å². The fourth-order valence-corrected chi connectivity index (χ4v) is 2.99. The van der Waals surface area contributed by atoms with Gasteiger partial charge in [0.05, 0.1) is 6.42 Å². The largest absolute Gasteiger partial charge is 0.317 e. The van der Waals surface area contributed by atoms with Crippen molar-refractivity contribution in [2.45, 2.75) is 26.2 Å². The molecule has 96 valence electrons. The summed E-state index contributed by atoms with van der Waals surface area (Å²) in [6, 6.07) is 6.35. The molecule has 1 N–H and O–H groups in total. The number of nitrogens with one attached hydrogen (secondary N) is 1. The molecular formula is C15H20N2O. The molecule has 2 aliphatic rings. The van der Waals surface area contributed by atoms with Crippen molar-refractivity contribution in [2.24, 2.45) is 5.92 Å². The topological polar surface area (TPSA) is 32.3 Å². The molecule has 1 aromatic rings. The number of amides is 1. The highest BCUT2D eigenvalue weighted by atomic mass is 16.2. The summed E-state index contributed by atoms with van der Waals surface area (Å²) in [6.07, 6.45) is 2.95. The molecule has 18 heavy (non-hydrogen) atoms. The number of carbonyl (C=O) groups excluding carboxylic acids is 1. The molecule has 1 saturated heterocycles. The summed E-state index contributed by atoms with van der Waals surface area (Å²) in [4.78, 5) is 14.1. The molecule has 0 aromatic heterocycles. The summed E-state index contributed by atoms with van der Waals surface area (Å²) in [5.41, 5.74) is 3.58. The summed E-state index contributed by atoms with van der Waals surface area (Å²) in [7, 11) is 0. The molecule has 1 amide bonds. The lowest BCUT2D eigenvalue weighted by atomic mass is 9.97. The first kappa shape index (κ1) is 11.7. The number of benzene rings is 1. The van der Waals surface area contributed by atoms with Gasteiger partial charge < -0.3 is 10.2 Å². The van der Waals surface area contributed by atoms with Gasteiger partial charge in [0.1, 0.15) is 0 Å². The number of fused-ring (bicyclic) bond motifs is 1. The van der Waals surface area contributed by atoms with E-state index in [4.69, 9.17) is 0 Å². The molecule has 0 aliphatic carbocycles. The molecule has 2 heterocycles. The van der Waals surface area contributed by atoms with Crippen LogP contribution in [0.2, 0.25) is 0 Å². The summed E-state index contributed by atoms with van der Waals surface area (Å²) >= 11 is 0. The summed E-state index contributed by atoms with van der Waals surface area (Å²) in [5, 5.41) is 3.38. The zero-order chi connectivity index (χ0) is 12.5. The van der Waals surface area contributed by atoms with Gasteiger partial charge in [0.2, 0.25) is 5.91 Å². The van der Waals surface area contributed by atoms with Gasteiger partial charge >= 0.3 is 0 Å². The lowest BCUT2D eigenvalue weighted by Crippen LogP contribution is -2.37. The first-order valence-corrected chi connectivity index (χ1v) is 6.84. The van der Waals surface area contributed by atoms with Gasteiger partial charge in [-0.2, -0.15) is 0 Å². The van der Waals surface area contributed by atoms with Crippen LogP contribution in [0.5, 0.6) is 0 Å². The smallest absolute Gasteiger partial charge is 0.231 e. The molecule has 0 atom stereocenters. The maximum atomic E-state index is 12.1. The number of piperidine rings is 1. The third-order valence-electron chi connectivity index (χ3n) is 4.07. The number of hydrogen-bond acceptors (Lipinski definition) is 2. The molecule has 0 unspecified atom stereocenters. The van der Waals surface area contributed by atoms with Gasteiger partial charge in [-0.1, -0.05) is 12.1 Å². The Morgan fingerprint density at radius 2 is 2.11 bits per heavy atom. The van der Waals surface area contributed by atoms with E-state index in [1.807, 2.05) is 4.90 Å². The van der Waals surface area contributed by atoms with Crippen LogP contribution in [0, 0.1) is 12.8 Å². The van der Waals surface area contributed by atoms with Crippen LogP contribution in [0.25, 0.3) is 0 Å². The third kappa shape index (κ3) is 2.15. The number of carbonyl (C=O) groups is 1. The van der Waals surface area contributed by atoms with Crippen molar-refractivity contribution >= 4 is 11.6 Å². The molecule has 2 aliphatic heterocycles. The van der Waals surface area contributed by atoms with Gasteiger partial charge in [-0.05, 0) is 56.0 Å². The Kier molecular flexibility index (Phi) is 3.08. The molecule has 1 aromatic carbocycles. The van der Waals surface area contributed by atoms with Gasteiger partial charge in [0.25, 0.3) is 0 Å². The standard InChI is InChI=1S/C15H20N2O/c1-11-2-3-13-9-15(18)17(14(13)8-11)10-12-4-6-16-7-5-12/h2-3,8,12,16H,4-7,9-10H2,1H3. The molecule has 3 heteroatoms. The average Bonchev–Trinajstić information content (AvgIpc) is 2.67. The normalized spacial score (nSPS) is 20.3. The highest BCUT2D eigenvalue weighted by Crippen LogP contribution is 2.31. The quantitative estimate of drug-likeness (QED) is 0.861.